The molecule has 4 aromatic carbocycles. The Morgan fingerprint density at radius 2 is 1.49 bits per heavy atom. The summed E-state index contributed by atoms with van der Waals surface area (Å²) in [4.78, 5) is 12.4. The van der Waals surface area contributed by atoms with Gasteiger partial charge in [0.25, 0.3) is 0 Å². The third-order valence-electron chi connectivity index (χ3n) is 8.51. The molecule has 7 aromatic rings. The van der Waals surface area contributed by atoms with Gasteiger partial charge in [-0.05, 0) is 84.6 Å². The van der Waals surface area contributed by atoms with E-state index < -0.39 is 31.7 Å². The van der Waals surface area contributed by atoms with Gasteiger partial charge < -0.3 is 19.1 Å². The largest absolute Gasteiger partial charge is 0.503 e. The zero-order chi connectivity index (χ0) is 40.7. The first-order chi connectivity index (χ1) is 26.8. The molecular weight excluding hydrogens is 786 g/mol. The molecule has 4 heterocycles. The number of pyridine rings is 2. The first-order valence-electron chi connectivity index (χ1n) is 20.0. The van der Waals surface area contributed by atoms with E-state index in [0.29, 0.717) is 22.8 Å². The zero-order valence-corrected chi connectivity index (χ0v) is 29.1. The van der Waals surface area contributed by atoms with Gasteiger partial charge in [-0.25, -0.2) is 4.98 Å². The summed E-state index contributed by atoms with van der Waals surface area (Å²) in [6.07, 6.45) is 3.36. The second-order valence-corrected chi connectivity index (χ2v) is 12.7. The Kier molecular flexibility index (Phi) is 5.98. The van der Waals surface area contributed by atoms with Crippen LogP contribution >= 0.6 is 0 Å². The molecule has 0 radical (unpaired) electrons. The number of hydrogen-bond acceptors (Lipinski definition) is 5. The van der Waals surface area contributed by atoms with Crippen molar-refractivity contribution in [1.29, 1.82) is 0 Å². The van der Waals surface area contributed by atoms with Crippen molar-refractivity contribution >= 4 is 44.6 Å². The molecule has 6 nitrogen and oxygen atoms in total. The third kappa shape index (κ3) is 5.78. The van der Waals surface area contributed by atoms with Gasteiger partial charge in [-0.1, -0.05) is 74.3 Å². The van der Waals surface area contributed by atoms with E-state index in [1.165, 1.54) is 4.90 Å². The van der Waals surface area contributed by atoms with E-state index in [1.807, 2.05) is 42.6 Å². The minimum atomic E-state index is -2.86. The molecule has 248 valence electrons. The Hall–Kier alpha value is -4.93. The molecule has 1 aliphatic rings. The van der Waals surface area contributed by atoms with Crippen LogP contribution in [0.4, 0.5) is 22.7 Å². The van der Waals surface area contributed by atoms with Crippen LogP contribution in [0.15, 0.2) is 103 Å². The molecule has 0 N–H and O–H groups in total. The first kappa shape index (κ1) is 23.4. The van der Waals surface area contributed by atoms with E-state index in [9.17, 15) is 0 Å². The fraction of sp³-hybridized carbons (Fsp3) is 0.167. The van der Waals surface area contributed by atoms with Gasteiger partial charge in [-0.2, -0.15) is 23.9 Å². The fourth-order valence-corrected chi connectivity index (χ4v) is 6.21. The van der Waals surface area contributed by atoms with Gasteiger partial charge in [0.05, 0.1) is 0 Å². The minimum Gasteiger partial charge on any atom is -0.503 e. The van der Waals surface area contributed by atoms with Crippen molar-refractivity contribution in [3.8, 4) is 17.4 Å². The molecule has 0 bridgehead atoms. The summed E-state index contributed by atoms with van der Waals surface area (Å²) in [6, 6.07) is 33.5. The van der Waals surface area contributed by atoms with Gasteiger partial charge in [0.2, 0.25) is 0 Å². The number of nitrogens with zero attached hydrogens (tertiary/aromatic N) is 5. The van der Waals surface area contributed by atoms with Gasteiger partial charge >= 0.3 is 0 Å². The number of aryl methyl sites for hydroxylation is 3. The number of fused-ring (bicyclic) bond motifs is 4. The van der Waals surface area contributed by atoms with Gasteiger partial charge in [0, 0.05) is 67.9 Å². The Morgan fingerprint density at radius 1 is 0.755 bits per heavy atom. The Balaban J connectivity index is 0.00000512. The van der Waals surface area contributed by atoms with Crippen molar-refractivity contribution in [3.63, 3.8) is 0 Å². The normalized spacial score (nSPS) is 16.3. The molecule has 8 rings (SSSR count). The molecule has 0 atom stereocenters. The average Bonchev–Trinajstić information content (AvgIpc) is 3.69. The van der Waals surface area contributed by atoms with Crippen LogP contribution in [0.2, 0.25) is 0 Å². The van der Waals surface area contributed by atoms with Gasteiger partial charge in [-0.15, -0.1) is 24.2 Å². The second-order valence-electron chi connectivity index (χ2n) is 12.7. The first-order valence-corrected chi connectivity index (χ1v) is 15.5. The second kappa shape index (κ2) is 12.5. The molecule has 0 saturated carbocycles. The van der Waals surface area contributed by atoms with E-state index in [-0.39, 0.29) is 43.6 Å². The summed E-state index contributed by atoms with van der Waals surface area (Å²) in [6.45, 7) is -0.419. The number of ether oxygens (including phenoxy) is 1. The molecule has 0 saturated heterocycles. The number of rotatable bonds is 5. The summed E-state index contributed by atoms with van der Waals surface area (Å²) in [5, 5.41) is 2.00. The predicted molar refractivity (Wildman–Crippen MR) is 195 cm³/mol. The van der Waals surface area contributed by atoms with Crippen LogP contribution in [-0.2, 0) is 26.5 Å². The summed E-state index contributed by atoms with van der Waals surface area (Å²) < 4.78 is 82.5. The smallest absolute Gasteiger partial charge is 0.135 e. The van der Waals surface area contributed by atoms with E-state index in [1.54, 1.807) is 48.1 Å². The van der Waals surface area contributed by atoms with Crippen LogP contribution in [0.5, 0.6) is 11.6 Å². The van der Waals surface area contributed by atoms with Crippen molar-refractivity contribution in [3.05, 3.63) is 144 Å². The number of para-hydroxylation sites is 3. The Morgan fingerprint density at radius 3 is 2.24 bits per heavy atom. The molecule has 0 amide bonds. The van der Waals surface area contributed by atoms with Crippen LogP contribution in [0.25, 0.3) is 27.6 Å². The maximum Gasteiger partial charge on any atom is 0.135 e. The molecule has 1 aliphatic heterocycles. The summed E-state index contributed by atoms with van der Waals surface area (Å²) in [7, 11) is 0. The van der Waals surface area contributed by atoms with Gasteiger partial charge in [0.15, 0.2) is 0 Å². The summed E-state index contributed by atoms with van der Waals surface area (Å²) >= 11 is 0. The maximum absolute atomic E-state index is 8.36. The standard InChI is InChI=1S/C42H36N5O.Pt/c1-27-21-28(2)41(29(3)22-27)46-26-45(36-13-9-10-14-37(36)46)31-18-20-44-40(24-31)48-32-15-16-34-33-11-7-8-12-35(33)47(38(34)25-32)39-23-30(17-19-43-39)42(4,5)6;/h7-23,26H,1-6H3;/q-3;/i1D3,2D3,3D3;. The monoisotopic (exact) mass is 830 g/mol. The molecule has 0 unspecified atom stereocenters. The third-order valence-corrected chi connectivity index (χ3v) is 8.51. The van der Waals surface area contributed by atoms with Crippen LogP contribution in [0, 0.1) is 39.4 Å². The number of anilines is 4. The van der Waals surface area contributed by atoms with E-state index >= 15 is 0 Å². The molecule has 0 spiro atoms. The Bertz CT molecular complexity index is 2650. The average molecular weight is 831 g/mol. The molecular formula is C42H36N5OPt-3. The van der Waals surface area contributed by atoms with E-state index in [4.69, 9.17) is 22.1 Å². The van der Waals surface area contributed by atoms with E-state index in [2.05, 4.69) is 54.6 Å². The number of benzene rings is 4. The van der Waals surface area contributed by atoms with Crippen molar-refractivity contribution < 1.29 is 38.1 Å². The Labute approximate surface area is 314 Å². The van der Waals surface area contributed by atoms with Crippen LogP contribution < -0.4 is 14.5 Å². The van der Waals surface area contributed by atoms with Crippen LogP contribution in [-0.4, -0.2) is 14.5 Å². The van der Waals surface area contributed by atoms with Gasteiger partial charge in [-0.3, -0.25) is 4.98 Å². The molecule has 7 heteroatoms. The minimum absolute atomic E-state index is 0. The van der Waals surface area contributed by atoms with E-state index in [0.717, 1.165) is 45.3 Å². The SMILES string of the molecule is [2H]C([2H])([2H])c1cc(C([2H])([2H])[2H])c(N2[CH-]N(c3[c-]c(Oc4[c-]c5c(cc4)c4ccccc4n5-c4cc(C(C)(C)C)ccn4)ncc3)c3ccccc32)c(C([2H])([2H])[2H])c1.[Pt]. The fourth-order valence-electron chi connectivity index (χ4n) is 6.21. The topological polar surface area (TPSA) is 46.4 Å². The zero-order valence-electron chi connectivity index (χ0n) is 35.9. The molecule has 49 heavy (non-hydrogen) atoms. The van der Waals surface area contributed by atoms with Crippen molar-refractivity contribution in [2.75, 3.05) is 9.80 Å². The molecule has 0 aliphatic carbocycles. The maximum atomic E-state index is 8.36. The molecule has 0 fully saturated rings. The molecule has 3 aromatic heterocycles. The van der Waals surface area contributed by atoms with Crippen LogP contribution in [0.3, 0.4) is 0 Å². The number of aromatic nitrogens is 3. The van der Waals surface area contributed by atoms with Crippen molar-refractivity contribution in [2.45, 2.75) is 46.7 Å². The van der Waals surface area contributed by atoms with Crippen molar-refractivity contribution in [1.82, 2.24) is 14.5 Å². The summed E-state index contributed by atoms with van der Waals surface area (Å²) in [5.74, 6) is 1.25. The quantitative estimate of drug-likeness (QED) is 0.162. The predicted octanol–water partition coefficient (Wildman–Crippen LogP) is 10.6. The summed E-state index contributed by atoms with van der Waals surface area (Å²) in [5.41, 5.74) is 2.96. The number of hydrogen-bond donors (Lipinski definition) is 0. The van der Waals surface area contributed by atoms with Crippen LogP contribution in [0.1, 0.15) is 55.4 Å². The van der Waals surface area contributed by atoms with Crippen molar-refractivity contribution in [2.24, 2.45) is 0 Å². The van der Waals surface area contributed by atoms with Gasteiger partial charge in [0.1, 0.15) is 11.7 Å².